The van der Waals surface area contributed by atoms with Crippen molar-refractivity contribution in [1.29, 1.82) is 0 Å². The summed E-state index contributed by atoms with van der Waals surface area (Å²) in [5.74, 6) is 0.589. The number of anilines is 1. The predicted octanol–water partition coefficient (Wildman–Crippen LogP) is 3.06. The molecule has 2 aromatic rings. The van der Waals surface area contributed by atoms with E-state index < -0.39 is 0 Å². The second-order valence-electron chi connectivity index (χ2n) is 5.13. The molecule has 4 rings (SSSR count). The van der Waals surface area contributed by atoms with E-state index in [4.69, 9.17) is 0 Å². The molecule has 108 valence electrons. The number of imidazole rings is 1. The lowest BCUT2D eigenvalue weighted by molar-refractivity contribution is 1.29. The van der Waals surface area contributed by atoms with Gasteiger partial charge in [-0.05, 0) is 24.3 Å². The summed E-state index contributed by atoms with van der Waals surface area (Å²) in [5, 5.41) is 3.09. The number of benzene rings is 1. The van der Waals surface area contributed by atoms with Gasteiger partial charge in [0.1, 0.15) is 5.82 Å². The summed E-state index contributed by atoms with van der Waals surface area (Å²) in [5.41, 5.74) is 4.85. The fourth-order valence-electron chi connectivity index (χ4n) is 2.70. The van der Waals surface area contributed by atoms with Gasteiger partial charge < -0.3 is 15.3 Å². The van der Waals surface area contributed by atoms with E-state index in [9.17, 15) is 4.79 Å². The van der Waals surface area contributed by atoms with Crippen LogP contribution in [0.3, 0.4) is 0 Å². The molecule has 0 unspecified atom stereocenters. The minimum atomic E-state index is -0.130. The highest BCUT2D eigenvalue weighted by Crippen LogP contribution is 2.29. The number of hydrogen-bond donors (Lipinski definition) is 3. The molecule has 1 aliphatic carbocycles. The van der Waals surface area contributed by atoms with Gasteiger partial charge >= 0.3 is 0 Å². The average molecular weight is 290 g/mol. The SMILES string of the molecule is CNc1ccc2nc(-c3c4cccccc-4[nH]c3=O)[nH]c2c1. The zero-order valence-electron chi connectivity index (χ0n) is 12.0. The normalized spacial score (nSPS) is 11.1. The number of nitrogens with one attached hydrogen (secondary N) is 3. The van der Waals surface area contributed by atoms with E-state index >= 15 is 0 Å². The van der Waals surface area contributed by atoms with Crippen LogP contribution in [0.2, 0.25) is 0 Å². The third-order valence-corrected chi connectivity index (χ3v) is 3.79. The van der Waals surface area contributed by atoms with Crippen molar-refractivity contribution in [2.45, 2.75) is 0 Å². The van der Waals surface area contributed by atoms with E-state index in [2.05, 4.69) is 20.3 Å². The second kappa shape index (κ2) is 4.73. The van der Waals surface area contributed by atoms with Crippen molar-refractivity contribution in [3.8, 4) is 22.6 Å². The molecular formula is C17H14N4O. The molecule has 1 aliphatic heterocycles. The van der Waals surface area contributed by atoms with Crippen molar-refractivity contribution in [2.75, 3.05) is 12.4 Å². The minimum Gasteiger partial charge on any atom is -0.388 e. The highest BCUT2D eigenvalue weighted by molar-refractivity contribution is 5.87. The third kappa shape index (κ3) is 1.87. The van der Waals surface area contributed by atoms with Crippen LogP contribution in [0.25, 0.3) is 33.7 Å². The predicted molar refractivity (Wildman–Crippen MR) is 88.3 cm³/mol. The summed E-state index contributed by atoms with van der Waals surface area (Å²) in [6.45, 7) is 0. The van der Waals surface area contributed by atoms with Gasteiger partial charge in [0.05, 0.1) is 16.6 Å². The number of aromatic nitrogens is 3. The highest BCUT2D eigenvalue weighted by Gasteiger charge is 2.18. The Hall–Kier alpha value is -3.08. The topological polar surface area (TPSA) is 73.6 Å². The van der Waals surface area contributed by atoms with E-state index in [1.807, 2.05) is 55.6 Å². The molecule has 1 aromatic carbocycles. The molecule has 22 heavy (non-hydrogen) atoms. The summed E-state index contributed by atoms with van der Waals surface area (Å²) < 4.78 is 0. The first-order chi connectivity index (χ1) is 10.8. The van der Waals surface area contributed by atoms with Crippen LogP contribution in [0.15, 0.2) is 53.3 Å². The molecule has 5 nitrogen and oxygen atoms in total. The van der Waals surface area contributed by atoms with E-state index in [1.54, 1.807) is 0 Å². The van der Waals surface area contributed by atoms with E-state index in [-0.39, 0.29) is 5.56 Å². The van der Waals surface area contributed by atoms with Crippen LogP contribution in [-0.4, -0.2) is 22.0 Å². The van der Waals surface area contributed by atoms with Crippen molar-refractivity contribution in [1.82, 2.24) is 15.0 Å². The summed E-state index contributed by atoms with van der Waals surface area (Å²) in [4.78, 5) is 23.0. The van der Waals surface area contributed by atoms with Gasteiger partial charge in [-0.15, -0.1) is 0 Å². The van der Waals surface area contributed by atoms with Crippen molar-refractivity contribution in [3.63, 3.8) is 0 Å². The van der Waals surface area contributed by atoms with Crippen molar-refractivity contribution in [3.05, 3.63) is 58.9 Å². The molecule has 0 amide bonds. The molecule has 0 fully saturated rings. The molecule has 3 N–H and O–H groups in total. The number of fused-ring (bicyclic) bond motifs is 2. The smallest absolute Gasteiger partial charge is 0.260 e. The third-order valence-electron chi connectivity index (χ3n) is 3.79. The maximum Gasteiger partial charge on any atom is 0.260 e. The maximum absolute atomic E-state index is 12.3. The first-order valence-corrected chi connectivity index (χ1v) is 7.05. The molecule has 0 saturated carbocycles. The fourth-order valence-corrected chi connectivity index (χ4v) is 2.70. The second-order valence-corrected chi connectivity index (χ2v) is 5.13. The van der Waals surface area contributed by atoms with Crippen molar-refractivity contribution in [2.24, 2.45) is 0 Å². The van der Waals surface area contributed by atoms with Gasteiger partial charge in [-0.2, -0.15) is 0 Å². The molecule has 0 saturated heterocycles. The Labute approximate surface area is 126 Å². The van der Waals surface area contributed by atoms with Gasteiger partial charge in [-0.3, -0.25) is 4.79 Å². The number of aromatic amines is 2. The molecule has 1 aromatic heterocycles. The summed E-state index contributed by atoms with van der Waals surface area (Å²) >= 11 is 0. The molecule has 0 atom stereocenters. The summed E-state index contributed by atoms with van der Waals surface area (Å²) in [6, 6.07) is 15.4. The van der Waals surface area contributed by atoms with Gasteiger partial charge in [-0.1, -0.05) is 24.3 Å². The zero-order chi connectivity index (χ0) is 15.1. The lowest BCUT2D eigenvalue weighted by Gasteiger charge is -1.97. The van der Waals surface area contributed by atoms with Gasteiger partial charge in [0.25, 0.3) is 5.56 Å². The van der Waals surface area contributed by atoms with Crippen LogP contribution >= 0.6 is 0 Å². The first kappa shape index (κ1) is 12.6. The maximum atomic E-state index is 12.3. The van der Waals surface area contributed by atoms with Crippen LogP contribution < -0.4 is 10.9 Å². The minimum absolute atomic E-state index is 0.130. The summed E-state index contributed by atoms with van der Waals surface area (Å²) in [7, 11) is 1.87. The molecule has 0 spiro atoms. The Bertz CT molecular complexity index is 999. The largest absolute Gasteiger partial charge is 0.388 e. The first-order valence-electron chi connectivity index (χ1n) is 7.05. The lowest BCUT2D eigenvalue weighted by Crippen LogP contribution is -2.01. The molecular weight excluding hydrogens is 276 g/mol. The lowest BCUT2D eigenvalue weighted by atomic mass is 10.1. The van der Waals surface area contributed by atoms with Crippen molar-refractivity contribution < 1.29 is 0 Å². The molecule has 2 heterocycles. The van der Waals surface area contributed by atoms with E-state index in [0.29, 0.717) is 11.4 Å². The Kier molecular flexibility index (Phi) is 2.72. The molecule has 2 aliphatic rings. The quantitative estimate of drug-likeness (QED) is 0.531. The number of nitrogens with zero attached hydrogens (tertiary/aromatic N) is 1. The average Bonchev–Trinajstić information content (AvgIpc) is 2.98. The molecule has 0 bridgehead atoms. The number of rotatable bonds is 2. The van der Waals surface area contributed by atoms with Gasteiger partial charge in [-0.25, -0.2) is 4.98 Å². The van der Waals surface area contributed by atoms with E-state index in [0.717, 1.165) is 28.0 Å². The van der Waals surface area contributed by atoms with Crippen molar-refractivity contribution >= 4 is 16.7 Å². The van der Waals surface area contributed by atoms with Crippen LogP contribution in [0.4, 0.5) is 5.69 Å². The molecule has 0 radical (unpaired) electrons. The van der Waals surface area contributed by atoms with Gasteiger partial charge in [0.15, 0.2) is 0 Å². The van der Waals surface area contributed by atoms with E-state index in [1.165, 1.54) is 0 Å². The Balaban J connectivity index is 1.97. The van der Waals surface area contributed by atoms with Crippen LogP contribution in [-0.2, 0) is 0 Å². The Morgan fingerprint density at radius 1 is 1.05 bits per heavy atom. The summed E-state index contributed by atoms with van der Waals surface area (Å²) in [6.07, 6.45) is 0. The zero-order valence-corrected chi connectivity index (χ0v) is 12.0. The monoisotopic (exact) mass is 290 g/mol. The molecule has 5 heteroatoms. The fraction of sp³-hybridized carbons (Fsp3) is 0.0588. The van der Waals surface area contributed by atoms with Crippen LogP contribution in [0.1, 0.15) is 0 Å². The van der Waals surface area contributed by atoms with Gasteiger partial charge in [0, 0.05) is 24.0 Å². The highest BCUT2D eigenvalue weighted by atomic mass is 16.1. The number of H-pyrrole nitrogens is 2. The van der Waals surface area contributed by atoms with Crippen LogP contribution in [0, 0.1) is 0 Å². The standard InChI is InChI=1S/C17H14N4O/c1-18-10-7-8-13-14(9-10)20-16(19-13)15-11-5-3-2-4-6-12(11)21-17(15)22/h2-9,18H,1H3,(H,19,20)(H,21,22). The van der Waals surface area contributed by atoms with Gasteiger partial charge in [0.2, 0.25) is 0 Å². The Morgan fingerprint density at radius 3 is 2.77 bits per heavy atom. The Morgan fingerprint density at radius 2 is 1.91 bits per heavy atom. The number of hydrogen-bond acceptors (Lipinski definition) is 3. The van der Waals surface area contributed by atoms with Crippen LogP contribution in [0.5, 0.6) is 0 Å².